The summed E-state index contributed by atoms with van der Waals surface area (Å²) in [5, 5.41) is 2.68. The molecule has 0 aliphatic heterocycles. The van der Waals surface area contributed by atoms with E-state index >= 15 is 0 Å². The molecule has 0 aliphatic rings. The number of aryl methyl sites for hydroxylation is 13. The SMILES string of the molecule is CC.CC.CC.CC(CC(c1ccccc1)c1ccccc1)c1ccccc1.CCC(C)(c1ccc(C)cc1)c1ccc(C)cc1.CCCC(C)(c1ccc(C)cc1)c1ccc(C)cc1.Cc1ccc(-c2ccc(C)cc2)cc1.Cc1ccc(C(C)(C)c2ccc(C)cc2)cc1.Cc1ccc(Cc2ccc(C)cc2)cc1.Cc1ccc(Oc2ccc(C)cc2)cc1.Cc1cccc2ccccc12. The van der Waals surface area contributed by atoms with Crippen molar-refractivity contribution < 1.29 is 4.74 Å². The normalized spacial score (nSPS) is 10.7. The van der Waals surface area contributed by atoms with Crippen molar-refractivity contribution in [2.75, 3.05) is 0 Å². The summed E-state index contributed by atoms with van der Waals surface area (Å²) in [6.07, 6.45) is 5.63. The van der Waals surface area contributed by atoms with E-state index in [1.807, 2.05) is 90.1 Å². The zero-order valence-electron chi connectivity index (χ0n) is 88.0. The van der Waals surface area contributed by atoms with Crippen molar-refractivity contribution in [3.8, 4) is 22.6 Å². The maximum atomic E-state index is 5.69. The molecule has 0 aliphatic carbocycles. The van der Waals surface area contributed by atoms with Crippen LogP contribution in [-0.4, -0.2) is 0 Å². The van der Waals surface area contributed by atoms with Crippen LogP contribution >= 0.6 is 0 Å². The van der Waals surface area contributed by atoms with Crippen molar-refractivity contribution in [1.29, 1.82) is 0 Å². The van der Waals surface area contributed by atoms with Gasteiger partial charge in [0, 0.05) is 22.2 Å². The zero-order valence-corrected chi connectivity index (χ0v) is 88.0. The molecule has 1 nitrogen and oxygen atoms in total. The van der Waals surface area contributed by atoms with Gasteiger partial charge in [0.15, 0.2) is 0 Å². The van der Waals surface area contributed by atoms with Crippen molar-refractivity contribution in [1.82, 2.24) is 0 Å². The second-order valence-electron chi connectivity index (χ2n) is 36.9. The van der Waals surface area contributed by atoms with Gasteiger partial charge in [-0.2, -0.15) is 0 Å². The van der Waals surface area contributed by atoms with E-state index in [4.69, 9.17) is 4.74 Å². The Morgan fingerprint density at radius 2 is 0.489 bits per heavy atom. The molecular formula is C136H160O. The van der Waals surface area contributed by atoms with Crippen LogP contribution in [0.5, 0.6) is 11.5 Å². The maximum Gasteiger partial charge on any atom is 0.127 e. The minimum Gasteiger partial charge on any atom is -0.457 e. The second-order valence-corrected chi connectivity index (χ2v) is 36.9. The monoisotopic (exact) mass is 1810 g/mol. The largest absolute Gasteiger partial charge is 0.457 e. The number of fused-ring (bicyclic) bond motifs is 1. The third-order valence-electron chi connectivity index (χ3n) is 25.5. The van der Waals surface area contributed by atoms with Crippen LogP contribution < -0.4 is 4.74 Å². The first-order valence-electron chi connectivity index (χ1n) is 50.2. The van der Waals surface area contributed by atoms with Crippen molar-refractivity contribution in [2.24, 2.45) is 0 Å². The summed E-state index contributed by atoms with van der Waals surface area (Å²) in [5.41, 5.74) is 35.2. The Morgan fingerprint density at radius 1 is 0.241 bits per heavy atom. The fourth-order valence-corrected chi connectivity index (χ4v) is 16.3. The summed E-state index contributed by atoms with van der Waals surface area (Å²) in [6, 6.07) is 152. The summed E-state index contributed by atoms with van der Waals surface area (Å²) in [5.74, 6) is 2.73. The molecule has 0 fully saturated rings. The average molecular weight is 1810 g/mol. The van der Waals surface area contributed by atoms with Crippen molar-refractivity contribution in [3.05, 3.63) is 558 Å². The topological polar surface area (TPSA) is 9.23 Å². The van der Waals surface area contributed by atoms with Crippen molar-refractivity contribution in [3.63, 3.8) is 0 Å². The third-order valence-corrected chi connectivity index (χ3v) is 25.5. The third kappa shape index (κ3) is 36.1. The summed E-state index contributed by atoms with van der Waals surface area (Å²) in [6.45, 7) is 55.7. The van der Waals surface area contributed by atoms with Crippen LogP contribution in [-0.2, 0) is 22.7 Å². The van der Waals surface area contributed by atoms with E-state index in [-0.39, 0.29) is 16.2 Å². The predicted molar refractivity (Wildman–Crippen MR) is 603 cm³/mol. The first-order chi connectivity index (χ1) is 66.1. The first kappa shape index (κ1) is 111. The second kappa shape index (κ2) is 58.3. The molecule has 17 rings (SSSR count). The molecule has 710 valence electrons. The fourth-order valence-electron chi connectivity index (χ4n) is 16.3. The average Bonchev–Trinajstić information content (AvgIpc) is 0.792. The molecular weight excluding hydrogens is 1650 g/mol. The van der Waals surface area contributed by atoms with Gasteiger partial charge in [0.25, 0.3) is 0 Å². The van der Waals surface area contributed by atoms with Crippen molar-refractivity contribution in [2.45, 2.75) is 240 Å². The number of hydrogen-bond donors (Lipinski definition) is 0. The molecule has 0 amide bonds. The molecule has 1 unspecified atom stereocenters. The molecule has 0 heterocycles. The van der Waals surface area contributed by atoms with Crippen LogP contribution in [0, 0.1) is 90.0 Å². The molecule has 17 aromatic rings. The Hall–Kier alpha value is -13.2. The van der Waals surface area contributed by atoms with Crippen LogP contribution in [0.25, 0.3) is 21.9 Å². The number of benzene rings is 17. The van der Waals surface area contributed by atoms with E-state index < -0.39 is 0 Å². The van der Waals surface area contributed by atoms with Crippen LogP contribution in [0.4, 0.5) is 0 Å². The highest BCUT2D eigenvalue weighted by Gasteiger charge is 2.29. The van der Waals surface area contributed by atoms with Gasteiger partial charge in [-0.25, -0.2) is 0 Å². The number of hydrogen-bond acceptors (Lipinski definition) is 1. The lowest BCUT2D eigenvalue weighted by Gasteiger charge is -2.31. The van der Waals surface area contributed by atoms with Crippen LogP contribution in [0.15, 0.2) is 425 Å². The van der Waals surface area contributed by atoms with Crippen molar-refractivity contribution >= 4 is 10.8 Å². The Bertz CT molecular complexity index is 5710. The molecule has 1 heteroatoms. The van der Waals surface area contributed by atoms with E-state index in [0.29, 0.717) is 11.8 Å². The van der Waals surface area contributed by atoms with E-state index in [9.17, 15) is 0 Å². The number of ether oxygens (including phenoxy) is 1. The molecule has 0 saturated carbocycles. The summed E-state index contributed by atoms with van der Waals surface area (Å²) < 4.78 is 5.69. The van der Waals surface area contributed by atoms with Gasteiger partial charge >= 0.3 is 0 Å². The first-order valence-corrected chi connectivity index (χ1v) is 50.2. The zero-order chi connectivity index (χ0) is 99.7. The van der Waals surface area contributed by atoms with E-state index in [1.54, 1.807) is 0 Å². The highest BCUT2D eigenvalue weighted by Crippen LogP contribution is 2.40. The molecule has 17 aromatic carbocycles. The van der Waals surface area contributed by atoms with Gasteiger partial charge in [-0.15, -0.1) is 0 Å². The molecule has 0 saturated heterocycles. The van der Waals surface area contributed by atoms with Gasteiger partial charge in [-0.1, -0.05) is 564 Å². The van der Waals surface area contributed by atoms with Gasteiger partial charge < -0.3 is 4.74 Å². The van der Waals surface area contributed by atoms with Crippen LogP contribution in [0.2, 0.25) is 0 Å². The molecule has 0 bridgehead atoms. The Balaban J connectivity index is 0.000000213. The van der Waals surface area contributed by atoms with Gasteiger partial charge in [0.2, 0.25) is 0 Å². The Morgan fingerprint density at radius 3 is 0.781 bits per heavy atom. The van der Waals surface area contributed by atoms with Crippen LogP contribution in [0.3, 0.4) is 0 Å². The predicted octanol–water partition coefficient (Wildman–Crippen LogP) is 39.3. The summed E-state index contributed by atoms with van der Waals surface area (Å²) >= 11 is 0. The minimum absolute atomic E-state index is 0.0708. The quantitative estimate of drug-likeness (QED) is 0.0784. The van der Waals surface area contributed by atoms with Crippen LogP contribution in [0.1, 0.15) is 261 Å². The minimum atomic E-state index is 0.0708. The van der Waals surface area contributed by atoms with E-state index in [1.165, 1.54) is 168 Å². The lowest BCUT2D eigenvalue weighted by molar-refractivity contribution is 0.482. The maximum absolute atomic E-state index is 5.69. The Kier molecular flexibility index (Phi) is 47.1. The van der Waals surface area contributed by atoms with Gasteiger partial charge in [-0.05, 0) is 235 Å². The summed E-state index contributed by atoms with van der Waals surface area (Å²) in [7, 11) is 0. The van der Waals surface area contributed by atoms with E-state index in [2.05, 4.69) is 515 Å². The molecule has 0 aromatic heterocycles. The lowest BCUT2D eigenvalue weighted by atomic mass is 9.73. The highest BCUT2D eigenvalue weighted by molar-refractivity contribution is 5.85. The molecule has 137 heavy (non-hydrogen) atoms. The lowest BCUT2D eigenvalue weighted by Crippen LogP contribution is -2.23. The highest BCUT2D eigenvalue weighted by atomic mass is 16.5. The van der Waals surface area contributed by atoms with E-state index in [0.717, 1.165) is 30.8 Å². The standard InChI is InChI=1S/C22H22.C19H24.C18H22.C17H20.C15H16.C14H14O.C14H14.C11H10.3C2H6/c1-18(19-11-5-2-6-12-19)17-22(20-13-7-3-8-14-20)21-15-9-4-10-16-21;1-5-14-19(4,17-10-6-15(2)7-11-17)18-12-8-16(3)9-13-18;1-5-18(4,16-10-6-14(2)7-11-16)17-12-8-15(3)9-13-17;1-13-5-9-15(10-6-13)17(3,4)16-11-7-14(2)8-12-16;1-12-3-7-14(8-4-12)11-15-9-5-13(2)6-10-15;1-11-3-7-13(8-4-11)15-14-9-5-12(2)6-10-14;1-11-3-7-13(8-4-11)14-9-5-12(2)6-10-14;1-9-5-4-7-10-6-2-3-8-11(9)10;3*1-2/h2-16,18,22H,17H2,1H3;6-13H,5,14H2,1-4H3;6-13H,5H2,1-4H3;5-12H,1-4H3;3-10H,11H2,1-2H3;3-10H,1-2H3;3-10H,1-2H3;2-8H,1H3;3*1-2H3. The molecule has 1 atom stereocenters. The van der Waals surface area contributed by atoms with Gasteiger partial charge in [0.1, 0.15) is 11.5 Å². The smallest absolute Gasteiger partial charge is 0.127 e. The number of rotatable bonds is 19. The molecule has 0 N–H and O–H groups in total. The Labute approximate surface area is 830 Å². The van der Waals surface area contributed by atoms with Gasteiger partial charge in [0.05, 0.1) is 0 Å². The van der Waals surface area contributed by atoms with Gasteiger partial charge in [-0.3, -0.25) is 0 Å². The summed E-state index contributed by atoms with van der Waals surface area (Å²) in [4.78, 5) is 0. The molecule has 0 spiro atoms. The fraction of sp³-hybridized carbons (Fsp3) is 0.265. The molecule has 0 radical (unpaired) electrons.